The van der Waals surface area contributed by atoms with Gasteiger partial charge in [0, 0.05) is 24.2 Å². The molecule has 0 saturated carbocycles. The summed E-state index contributed by atoms with van der Waals surface area (Å²) < 4.78 is 26.4. The van der Waals surface area contributed by atoms with Gasteiger partial charge in [0.25, 0.3) is 5.91 Å². The normalized spacial score (nSPS) is 18.0. The number of hydrogen-bond donors (Lipinski definition) is 3. The number of hydrogen-bond acceptors (Lipinski definition) is 4. The van der Waals surface area contributed by atoms with Gasteiger partial charge in [0.1, 0.15) is 11.6 Å². The molecule has 2 aliphatic rings. The van der Waals surface area contributed by atoms with Crippen LogP contribution in [0.3, 0.4) is 0 Å². The quantitative estimate of drug-likeness (QED) is 0.480. The second kappa shape index (κ2) is 9.59. The summed E-state index contributed by atoms with van der Waals surface area (Å²) in [4.78, 5) is 29.7. The van der Waals surface area contributed by atoms with Crippen molar-refractivity contribution in [1.29, 1.82) is 0 Å². The molecule has 2 aromatic carbocycles. The highest BCUT2D eigenvalue weighted by atomic mass is 19.1. The van der Waals surface area contributed by atoms with Crippen molar-refractivity contribution in [1.82, 2.24) is 20.0 Å². The highest BCUT2D eigenvalue weighted by Crippen LogP contribution is 2.42. The van der Waals surface area contributed by atoms with E-state index in [1.165, 1.54) is 36.4 Å². The van der Waals surface area contributed by atoms with Crippen molar-refractivity contribution in [2.75, 3.05) is 18.4 Å². The van der Waals surface area contributed by atoms with Crippen LogP contribution < -0.4 is 5.32 Å². The maximum atomic E-state index is 13.5. The van der Waals surface area contributed by atoms with Crippen molar-refractivity contribution < 1.29 is 23.5 Å². The lowest BCUT2D eigenvalue weighted by Crippen LogP contribution is -2.50. The second-order valence-electron chi connectivity index (χ2n) is 10.1. The number of nitrogens with one attached hydrogen (secondary N) is 2. The number of carbonyl (C=O) groups excluding carboxylic acids is 2. The number of aliphatic hydroxyl groups is 1. The number of benzene rings is 2. The molecule has 3 amide bonds. The largest absolute Gasteiger partial charge is 0.388 e. The van der Waals surface area contributed by atoms with Gasteiger partial charge in [-0.3, -0.25) is 9.89 Å². The molecule has 1 atom stereocenters. The summed E-state index contributed by atoms with van der Waals surface area (Å²) in [5.74, 6) is -0.872. The van der Waals surface area contributed by atoms with Crippen LogP contribution in [0.2, 0.25) is 0 Å². The van der Waals surface area contributed by atoms with Crippen LogP contribution in [-0.2, 0) is 12.1 Å². The summed E-state index contributed by atoms with van der Waals surface area (Å²) in [6, 6.07) is 11.0. The minimum atomic E-state index is -0.709. The third-order valence-electron chi connectivity index (χ3n) is 7.51. The van der Waals surface area contributed by atoms with E-state index in [1.54, 1.807) is 21.9 Å². The van der Waals surface area contributed by atoms with Crippen LogP contribution in [0, 0.1) is 17.6 Å². The highest BCUT2D eigenvalue weighted by molar-refractivity contribution is 6.04. The molecule has 1 fully saturated rings. The first-order chi connectivity index (χ1) is 17.6. The molecule has 0 aliphatic carbocycles. The number of fused-ring (bicyclic) bond motifs is 1. The maximum absolute atomic E-state index is 13.5. The van der Waals surface area contributed by atoms with E-state index >= 15 is 0 Å². The number of H-pyrrole nitrogens is 1. The first-order valence-electron chi connectivity index (χ1n) is 12.3. The Balaban J connectivity index is 1.24. The molecule has 1 aromatic heterocycles. The van der Waals surface area contributed by atoms with E-state index in [0.29, 0.717) is 42.9 Å². The Morgan fingerprint density at radius 2 is 1.65 bits per heavy atom. The van der Waals surface area contributed by atoms with Gasteiger partial charge in [-0.15, -0.1) is 0 Å². The molecule has 8 nitrogen and oxygen atoms in total. The highest BCUT2D eigenvalue weighted by Gasteiger charge is 2.45. The minimum absolute atomic E-state index is 0.0219. The van der Waals surface area contributed by atoms with Crippen LogP contribution in [0.4, 0.5) is 19.4 Å². The van der Waals surface area contributed by atoms with Gasteiger partial charge in [-0.1, -0.05) is 12.1 Å². The van der Waals surface area contributed by atoms with E-state index in [9.17, 15) is 23.5 Å². The van der Waals surface area contributed by atoms with Gasteiger partial charge in [0.05, 0.1) is 23.9 Å². The van der Waals surface area contributed by atoms with Gasteiger partial charge in [-0.2, -0.15) is 5.10 Å². The average molecular weight is 510 g/mol. The fraction of sp³-hybridized carbons (Fsp3) is 0.370. The number of aromatic amines is 1. The summed E-state index contributed by atoms with van der Waals surface area (Å²) in [7, 11) is 0. The second-order valence-corrected chi connectivity index (χ2v) is 10.1. The van der Waals surface area contributed by atoms with E-state index in [4.69, 9.17) is 0 Å². The predicted octanol–water partition coefficient (Wildman–Crippen LogP) is 4.56. The van der Waals surface area contributed by atoms with Crippen LogP contribution >= 0.6 is 0 Å². The van der Waals surface area contributed by atoms with Crippen LogP contribution in [-0.4, -0.2) is 50.1 Å². The van der Waals surface area contributed by atoms with E-state index in [0.717, 1.165) is 11.3 Å². The summed E-state index contributed by atoms with van der Waals surface area (Å²) in [6.45, 7) is 5.11. The molecular weight excluding hydrogens is 480 g/mol. The first-order valence-corrected chi connectivity index (χ1v) is 12.3. The van der Waals surface area contributed by atoms with Crippen LogP contribution in [0.1, 0.15) is 60.0 Å². The van der Waals surface area contributed by atoms with E-state index in [1.807, 2.05) is 13.8 Å². The zero-order chi connectivity index (χ0) is 26.3. The number of halogens is 2. The summed E-state index contributed by atoms with van der Waals surface area (Å²) in [5, 5.41) is 20.7. The minimum Gasteiger partial charge on any atom is -0.388 e. The standard InChI is InChI=1S/C27H29F2N5O3/c1-27(2)23-21(24(32-31-23)30-25(36)18-5-9-20(29)10-6-18)15-34(27)26(37)33-13-11-17(12-14-33)22(35)16-3-7-19(28)8-4-16/h3-10,17,22,35H,11-15H2,1-2H3,(H2,30,31,32,36). The fourth-order valence-electron chi connectivity index (χ4n) is 5.22. The SMILES string of the molecule is CC1(C)c2[nH]nc(NC(=O)c3ccc(F)cc3)c2CN1C(=O)N1CCC(C(O)c2ccc(F)cc2)CC1. The van der Waals surface area contributed by atoms with E-state index < -0.39 is 23.4 Å². The number of likely N-dealkylation sites (tertiary alicyclic amines) is 1. The molecule has 1 saturated heterocycles. The van der Waals surface area contributed by atoms with Gasteiger partial charge >= 0.3 is 6.03 Å². The Hall–Kier alpha value is -3.79. The smallest absolute Gasteiger partial charge is 0.321 e. The fourth-order valence-corrected chi connectivity index (χ4v) is 5.22. The Labute approximate surface area is 213 Å². The molecule has 3 N–H and O–H groups in total. The molecule has 3 aromatic rings. The van der Waals surface area contributed by atoms with Crippen LogP contribution in [0.5, 0.6) is 0 Å². The molecule has 0 bridgehead atoms. The molecule has 0 spiro atoms. The van der Waals surface area contributed by atoms with Crippen molar-refractivity contribution in [3.05, 3.63) is 82.5 Å². The summed E-state index contributed by atoms with van der Waals surface area (Å²) >= 11 is 0. The lowest BCUT2D eigenvalue weighted by atomic mass is 9.87. The molecule has 5 rings (SSSR count). The maximum Gasteiger partial charge on any atom is 0.321 e. The Kier molecular flexibility index (Phi) is 6.45. The zero-order valence-electron chi connectivity index (χ0n) is 20.7. The van der Waals surface area contributed by atoms with Crippen LogP contribution in [0.25, 0.3) is 0 Å². The molecule has 2 aliphatic heterocycles. The molecule has 37 heavy (non-hydrogen) atoms. The van der Waals surface area contributed by atoms with Crippen LogP contribution in [0.15, 0.2) is 48.5 Å². The molecule has 194 valence electrons. The number of nitrogens with zero attached hydrogens (tertiary/aromatic N) is 3. The molecule has 1 unspecified atom stereocenters. The monoisotopic (exact) mass is 509 g/mol. The number of amides is 3. The van der Waals surface area contributed by atoms with Crippen molar-refractivity contribution in [3.8, 4) is 0 Å². The number of carbonyl (C=O) groups is 2. The summed E-state index contributed by atoms with van der Waals surface area (Å²) in [5.41, 5.74) is 1.78. The Morgan fingerprint density at radius 3 is 2.27 bits per heavy atom. The van der Waals surface area contributed by atoms with Crippen molar-refractivity contribution in [2.24, 2.45) is 5.92 Å². The summed E-state index contributed by atoms with van der Waals surface area (Å²) in [6.07, 6.45) is 0.550. The average Bonchev–Trinajstić information content (AvgIpc) is 3.41. The number of urea groups is 1. The molecule has 0 radical (unpaired) electrons. The first kappa shape index (κ1) is 24.9. The molecular formula is C27H29F2N5O3. The zero-order valence-corrected chi connectivity index (χ0v) is 20.7. The van der Waals surface area contributed by atoms with E-state index in [2.05, 4.69) is 15.5 Å². The third kappa shape index (κ3) is 4.69. The lowest BCUT2D eigenvalue weighted by Gasteiger charge is -2.40. The number of aromatic nitrogens is 2. The lowest BCUT2D eigenvalue weighted by molar-refractivity contribution is 0.0513. The van der Waals surface area contributed by atoms with Crippen molar-refractivity contribution >= 4 is 17.8 Å². The molecule has 10 heteroatoms. The topological polar surface area (TPSA) is 102 Å². The van der Waals surface area contributed by atoms with Crippen molar-refractivity contribution in [3.63, 3.8) is 0 Å². The van der Waals surface area contributed by atoms with Gasteiger partial charge in [0.15, 0.2) is 5.82 Å². The van der Waals surface area contributed by atoms with Gasteiger partial charge in [-0.25, -0.2) is 13.6 Å². The predicted molar refractivity (Wildman–Crippen MR) is 133 cm³/mol. The van der Waals surface area contributed by atoms with Crippen molar-refractivity contribution in [2.45, 2.75) is 44.9 Å². The Bertz CT molecular complexity index is 1300. The number of rotatable bonds is 4. The van der Waals surface area contributed by atoms with Gasteiger partial charge < -0.3 is 20.2 Å². The number of piperidine rings is 1. The Morgan fingerprint density at radius 1 is 1.05 bits per heavy atom. The van der Waals surface area contributed by atoms with Gasteiger partial charge in [-0.05, 0) is 74.6 Å². The van der Waals surface area contributed by atoms with E-state index in [-0.39, 0.29) is 24.3 Å². The number of aliphatic hydroxyl groups excluding tert-OH is 1. The molecule has 3 heterocycles. The third-order valence-corrected chi connectivity index (χ3v) is 7.51. The number of anilines is 1. The van der Waals surface area contributed by atoms with Gasteiger partial charge in [0.2, 0.25) is 0 Å².